The van der Waals surface area contributed by atoms with Gasteiger partial charge in [0.2, 0.25) is 10.0 Å². The lowest BCUT2D eigenvalue weighted by atomic mass is 9.90. The highest BCUT2D eigenvalue weighted by atomic mass is 32.2. The highest BCUT2D eigenvalue weighted by Crippen LogP contribution is 2.42. The maximum atomic E-state index is 11.6. The fraction of sp³-hybridized carbons (Fsp3) is 1.00. The third-order valence-corrected chi connectivity index (χ3v) is 5.71. The van der Waals surface area contributed by atoms with Crippen molar-refractivity contribution in [3.05, 3.63) is 0 Å². The van der Waals surface area contributed by atoms with Crippen LogP contribution in [0.15, 0.2) is 0 Å². The average molecular weight is 275 g/mol. The number of hydrogen-bond donors (Lipinski definition) is 2. The topological polar surface area (TPSA) is 75.4 Å². The third kappa shape index (κ3) is 3.44. The van der Waals surface area contributed by atoms with Crippen molar-refractivity contribution in [2.75, 3.05) is 19.3 Å². The van der Waals surface area contributed by atoms with Crippen molar-refractivity contribution in [2.24, 2.45) is 23.6 Å². The number of piperidine rings is 1. The van der Waals surface area contributed by atoms with Gasteiger partial charge >= 0.3 is 0 Å². The Morgan fingerprint density at radius 1 is 1.50 bits per heavy atom. The molecule has 18 heavy (non-hydrogen) atoms. The van der Waals surface area contributed by atoms with Crippen LogP contribution in [0.2, 0.25) is 0 Å². The lowest BCUT2D eigenvalue weighted by Crippen LogP contribution is -2.44. The molecule has 2 aliphatic rings. The van der Waals surface area contributed by atoms with Crippen molar-refractivity contribution in [1.82, 2.24) is 9.73 Å². The van der Waals surface area contributed by atoms with Crippen LogP contribution in [-0.2, 0) is 10.0 Å². The van der Waals surface area contributed by atoms with E-state index in [0.717, 1.165) is 25.2 Å². The van der Waals surface area contributed by atoms with Crippen LogP contribution in [0.5, 0.6) is 0 Å². The number of nitrogens with zero attached hydrogens (tertiary/aromatic N) is 1. The van der Waals surface area contributed by atoms with E-state index in [9.17, 15) is 8.42 Å². The summed E-state index contributed by atoms with van der Waals surface area (Å²) < 4.78 is 24.8. The number of nitrogens with one attached hydrogen (secondary N) is 1. The zero-order valence-corrected chi connectivity index (χ0v) is 12.1. The second-order valence-corrected chi connectivity index (χ2v) is 8.00. The SMILES string of the molecule is CC1CC1C(CC1CCCN(S(C)(=O)=O)C1)NN. The zero-order valence-electron chi connectivity index (χ0n) is 11.3. The van der Waals surface area contributed by atoms with E-state index in [2.05, 4.69) is 12.3 Å². The Bertz CT molecular complexity index is 385. The minimum absolute atomic E-state index is 0.351. The molecule has 0 bridgehead atoms. The fourth-order valence-corrected chi connectivity index (χ4v) is 4.10. The van der Waals surface area contributed by atoms with Gasteiger partial charge in [-0.1, -0.05) is 6.92 Å². The summed E-state index contributed by atoms with van der Waals surface area (Å²) >= 11 is 0. The Hall–Kier alpha value is -0.170. The summed E-state index contributed by atoms with van der Waals surface area (Å²) in [5, 5.41) is 0. The van der Waals surface area contributed by atoms with E-state index in [1.54, 1.807) is 4.31 Å². The number of sulfonamides is 1. The van der Waals surface area contributed by atoms with E-state index in [-0.39, 0.29) is 0 Å². The van der Waals surface area contributed by atoms with E-state index in [1.807, 2.05) is 0 Å². The van der Waals surface area contributed by atoms with Crippen LogP contribution in [0.25, 0.3) is 0 Å². The van der Waals surface area contributed by atoms with Gasteiger partial charge < -0.3 is 0 Å². The van der Waals surface area contributed by atoms with Gasteiger partial charge in [0.05, 0.1) is 6.26 Å². The molecule has 0 aromatic rings. The number of nitrogens with two attached hydrogens (primary N) is 1. The van der Waals surface area contributed by atoms with E-state index >= 15 is 0 Å². The summed E-state index contributed by atoms with van der Waals surface area (Å²) in [6.07, 6.45) is 5.63. The minimum atomic E-state index is -3.04. The molecule has 3 N–H and O–H groups in total. The molecule has 106 valence electrons. The molecule has 0 amide bonds. The third-order valence-electron chi connectivity index (χ3n) is 4.44. The van der Waals surface area contributed by atoms with Gasteiger partial charge in [-0.15, -0.1) is 0 Å². The summed E-state index contributed by atoms with van der Waals surface area (Å²) in [7, 11) is -3.04. The van der Waals surface area contributed by atoms with Crippen LogP contribution in [0.3, 0.4) is 0 Å². The standard InChI is InChI=1S/C12H25N3O2S/c1-9-6-11(9)12(14-13)7-10-4-3-5-15(8-10)18(2,16)17/h9-12,14H,3-8,13H2,1-2H3. The Morgan fingerprint density at radius 3 is 2.67 bits per heavy atom. The van der Waals surface area contributed by atoms with Crippen LogP contribution < -0.4 is 11.3 Å². The zero-order chi connectivity index (χ0) is 13.3. The van der Waals surface area contributed by atoms with E-state index in [0.29, 0.717) is 31.0 Å². The average Bonchev–Trinajstić information content (AvgIpc) is 3.02. The molecule has 0 aromatic heterocycles. The van der Waals surface area contributed by atoms with Gasteiger partial charge in [-0.05, 0) is 43.4 Å². The summed E-state index contributed by atoms with van der Waals surface area (Å²) in [6, 6.07) is 0.351. The second kappa shape index (κ2) is 5.45. The molecule has 5 nitrogen and oxygen atoms in total. The molecule has 1 aliphatic carbocycles. The fourth-order valence-electron chi connectivity index (χ4n) is 3.16. The maximum absolute atomic E-state index is 11.6. The lowest BCUT2D eigenvalue weighted by Gasteiger charge is -2.33. The summed E-state index contributed by atoms with van der Waals surface area (Å²) in [5.41, 5.74) is 2.93. The van der Waals surface area contributed by atoms with Crippen molar-refractivity contribution in [2.45, 2.75) is 38.6 Å². The van der Waals surface area contributed by atoms with Crippen molar-refractivity contribution >= 4 is 10.0 Å². The number of hydrazine groups is 1. The molecule has 0 radical (unpaired) electrons. The Kier molecular flexibility index (Phi) is 4.31. The van der Waals surface area contributed by atoms with E-state index in [4.69, 9.17) is 5.84 Å². The molecule has 2 fully saturated rings. The van der Waals surface area contributed by atoms with Gasteiger partial charge in [-0.3, -0.25) is 11.3 Å². The molecule has 1 saturated heterocycles. The van der Waals surface area contributed by atoms with E-state index in [1.165, 1.54) is 12.7 Å². The smallest absolute Gasteiger partial charge is 0.211 e. The Morgan fingerprint density at radius 2 is 2.17 bits per heavy atom. The van der Waals surface area contributed by atoms with E-state index < -0.39 is 10.0 Å². The Labute approximate surface area is 110 Å². The second-order valence-electron chi connectivity index (χ2n) is 6.01. The van der Waals surface area contributed by atoms with Crippen molar-refractivity contribution in [3.63, 3.8) is 0 Å². The molecule has 2 rings (SSSR count). The molecular weight excluding hydrogens is 250 g/mol. The van der Waals surface area contributed by atoms with Crippen LogP contribution in [0, 0.1) is 17.8 Å². The van der Waals surface area contributed by atoms with Crippen molar-refractivity contribution in [1.29, 1.82) is 0 Å². The predicted molar refractivity (Wildman–Crippen MR) is 72.1 cm³/mol. The van der Waals surface area contributed by atoms with Gasteiger partial charge in [0.25, 0.3) is 0 Å². The summed E-state index contributed by atoms with van der Waals surface area (Å²) in [6.45, 7) is 3.59. The Balaban J connectivity index is 1.89. The largest absolute Gasteiger partial charge is 0.271 e. The molecule has 1 saturated carbocycles. The first-order valence-corrected chi connectivity index (χ1v) is 8.68. The molecule has 0 aromatic carbocycles. The van der Waals surface area contributed by atoms with Crippen LogP contribution in [-0.4, -0.2) is 38.1 Å². The molecule has 1 aliphatic heterocycles. The van der Waals surface area contributed by atoms with Crippen LogP contribution in [0.1, 0.15) is 32.6 Å². The van der Waals surface area contributed by atoms with Gasteiger partial charge in [0.15, 0.2) is 0 Å². The normalized spacial score (nSPS) is 35.4. The first kappa shape index (κ1) is 14.2. The number of rotatable bonds is 5. The highest BCUT2D eigenvalue weighted by molar-refractivity contribution is 7.88. The highest BCUT2D eigenvalue weighted by Gasteiger charge is 2.40. The summed E-state index contributed by atoms with van der Waals surface area (Å²) in [5.74, 6) is 7.53. The lowest BCUT2D eigenvalue weighted by molar-refractivity contribution is 0.229. The molecular formula is C12H25N3O2S. The van der Waals surface area contributed by atoms with Crippen LogP contribution in [0.4, 0.5) is 0 Å². The van der Waals surface area contributed by atoms with Gasteiger partial charge in [0, 0.05) is 19.1 Å². The molecule has 4 atom stereocenters. The van der Waals surface area contributed by atoms with Crippen LogP contribution >= 0.6 is 0 Å². The first-order valence-electron chi connectivity index (χ1n) is 6.83. The number of hydrogen-bond acceptors (Lipinski definition) is 4. The quantitative estimate of drug-likeness (QED) is 0.567. The predicted octanol–water partition coefficient (Wildman–Crippen LogP) is 0.536. The molecule has 6 heteroatoms. The monoisotopic (exact) mass is 275 g/mol. The van der Waals surface area contributed by atoms with Crippen molar-refractivity contribution < 1.29 is 8.42 Å². The molecule has 1 heterocycles. The summed E-state index contributed by atoms with van der Waals surface area (Å²) in [4.78, 5) is 0. The minimum Gasteiger partial charge on any atom is -0.271 e. The first-order chi connectivity index (χ1) is 8.41. The van der Waals surface area contributed by atoms with Gasteiger partial charge in [0.1, 0.15) is 0 Å². The van der Waals surface area contributed by atoms with Gasteiger partial charge in [-0.25, -0.2) is 12.7 Å². The van der Waals surface area contributed by atoms with Crippen molar-refractivity contribution in [3.8, 4) is 0 Å². The molecule has 4 unspecified atom stereocenters. The van der Waals surface area contributed by atoms with Gasteiger partial charge in [-0.2, -0.15) is 0 Å². The maximum Gasteiger partial charge on any atom is 0.211 e. The molecule has 0 spiro atoms.